The van der Waals surface area contributed by atoms with Crippen molar-refractivity contribution in [1.29, 1.82) is 0 Å². The second-order valence-corrected chi connectivity index (χ2v) is 4.57. The lowest BCUT2D eigenvalue weighted by Crippen LogP contribution is -2.43. The van der Waals surface area contributed by atoms with Crippen molar-refractivity contribution < 1.29 is 4.79 Å². The van der Waals surface area contributed by atoms with Gasteiger partial charge in [0, 0.05) is 12.0 Å². The lowest BCUT2D eigenvalue weighted by molar-refractivity contribution is -0.126. The number of piperidine rings is 1. The summed E-state index contributed by atoms with van der Waals surface area (Å²) in [6, 6.07) is 0.289. The molecule has 0 radical (unpaired) electrons. The molecule has 0 spiro atoms. The molecule has 2 N–H and O–H groups in total. The highest BCUT2D eigenvalue weighted by atomic mass is 35.5. The zero-order valence-corrected chi connectivity index (χ0v) is 10.7. The minimum atomic E-state index is 0. The highest BCUT2D eigenvalue weighted by Crippen LogP contribution is 2.12. The van der Waals surface area contributed by atoms with Gasteiger partial charge in [0.05, 0.1) is 0 Å². The zero-order valence-electron chi connectivity index (χ0n) is 9.88. The summed E-state index contributed by atoms with van der Waals surface area (Å²) in [5.74, 6) is 0.991. The fraction of sp³-hybridized carbons (Fsp3) is 0.909. The number of carbonyl (C=O) groups excluding carboxylic acids is 1. The molecule has 0 bridgehead atoms. The summed E-state index contributed by atoms with van der Waals surface area (Å²) in [6.07, 6.45) is 1.97. The zero-order chi connectivity index (χ0) is 10.6. The average molecular weight is 235 g/mol. The Hall–Kier alpha value is -0.280. The van der Waals surface area contributed by atoms with Gasteiger partial charge in [-0.15, -0.1) is 12.4 Å². The van der Waals surface area contributed by atoms with Gasteiger partial charge in [0.15, 0.2) is 0 Å². The van der Waals surface area contributed by atoms with Crippen molar-refractivity contribution in [2.75, 3.05) is 13.1 Å². The third kappa shape index (κ3) is 4.85. The lowest BCUT2D eigenvalue weighted by Gasteiger charge is -2.25. The molecule has 15 heavy (non-hydrogen) atoms. The predicted molar refractivity (Wildman–Crippen MR) is 65.3 cm³/mol. The Labute approximate surface area is 98.8 Å². The molecule has 3 nitrogen and oxygen atoms in total. The van der Waals surface area contributed by atoms with Crippen LogP contribution >= 0.6 is 12.4 Å². The molecule has 1 fully saturated rings. The van der Waals surface area contributed by atoms with Crippen LogP contribution in [0.25, 0.3) is 0 Å². The van der Waals surface area contributed by atoms with Crippen LogP contribution in [0, 0.1) is 11.8 Å². The quantitative estimate of drug-likeness (QED) is 0.779. The van der Waals surface area contributed by atoms with Gasteiger partial charge in [-0.05, 0) is 38.8 Å². The maximum Gasteiger partial charge on any atom is 0.223 e. The molecule has 0 aromatic heterocycles. The molecule has 4 heteroatoms. The van der Waals surface area contributed by atoms with Crippen LogP contribution in [0.2, 0.25) is 0 Å². The van der Waals surface area contributed by atoms with Crippen LogP contribution in [-0.4, -0.2) is 25.0 Å². The summed E-state index contributed by atoms with van der Waals surface area (Å²) in [6.45, 7) is 8.30. The fourth-order valence-electron chi connectivity index (χ4n) is 1.59. The number of halogens is 1. The summed E-state index contributed by atoms with van der Waals surface area (Å²) < 4.78 is 0. The van der Waals surface area contributed by atoms with Crippen molar-refractivity contribution in [3.8, 4) is 0 Å². The molecule has 1 unspecified atom stereocenters. The number of hydrogen-bond acceptors (Lipinski definition) is 2. The van der Waals surface area contributed by atoms with Crippen molar-refractivity contribution in [3.63, 3.8) is 0 Å². The van der Waals surface area contributed by atoms with Crippen LogP contribution in [0.5, 0.6) is 0 Å². The molecule has 90 valence electrons. The molecule has 1 atom stereocenters. The van der Waals surface area contributed by atoms with Crippen LogP contribution in [-0.2, 0) is 4.79 Å². The molecule has 1 heterocycles. The van der Waals surface area contributed by atoms with E-state index in [4.69, 9.17) is 0 Å². The number of hydrogen-bond donors (Lipinski definition) is 2. The van der Waals surface area contributed by atoms with E-state index in [1.54, 1.807) is 0 Å². The molecule has 0 aliphatic carbocycles. The first-order chi connectivity index (χ1) is 6.61. The van der Waals surface area contributed by atoms with Gasteiger partial charge in [-0.3, -0.25) is 4.79 Å². The van der Waals surface area contributed by atoms with Crippen molar-refractivity contribution in [1.82, 2.24) is 10.6 Å². The summed E-state index contributed by atoms with van der Waals surface area (Å²) in [5.41, 5.74) is 0. The topological polar surface area (TPSA) is 41.1 Å². The van der Waals surface area contributed by atoms with Gasteiger partial charge >= 0.3 is 0 Å². The van der Waals surface area contributed by atoms with Crippen LogP contribution < -0.4 is 10.6 Å². The van der Waals surface area contributed by atoms with Crippen molar-refractivity contribution in [2.24, 2.45) is 11.8 Å². The standard InChI is InChI=1S/C11H22N2O.ClH/c1-8(2)9(3)13-11(14)10-4-6-12-7-5-10;/h8-10,12H,4-7H2,1-3H3,(H,13,14);1H. The molecule has 1 aliphatic rings. The monoisotopic (exact) mass is 234 g/mol. The van der Waals surface area contributed by atoms with Crippen molar-refractivity contribution >= 4 is 18.3 Å². The lowest BCUT2D eigenvalue weighted by atomic mass is 9.96. The number of amides is 1. The largest absolute Gasteiger partial charge is 0.353 e. The van der Waals surface area contributed by atoms with Gasteiger partial charge in [-0.25, -0.2) is 0 Å². The van der Waals surface area contributed by atoms with Gasteiger partial charge in [0.2, 0.25) is 5.91 Å². The van der Waals surface area contributed by atoms with E-state index in [-0.39, 0.29) is 30.3 Å². The molecule has 1 amide bonds. The first kappa shape index (κ1) is 14.7. The average Bonchev–Trinajstić information content (AvgIpc) is 2.19. The van der Waals surface area contributed by atoms with Crippen molar-refractivity contribution in [2.45, 2.75) is 39.7 Å². The van der Waals surface area contributed by atoms with E-state index in [0.29, 0.717) is 5.92 Å². The van der Waals surface area contributed by atoms with Crippen LogP contribution in [0.3, 0.4) is 0 Å². The van der Waals surface area contributed by atoms with E-state index in [0.717, 1.165) is 25.9 Å². The normalized spacial score (nSPS) is 19.5. The Kier molecular flexibility index (Phi) is 6.94. The second kappa shape index (κ2) is 7.07. The maximum absolute atomic E-state index is 11.8. The van der Waals surface area contributed by atoms with Gasteiger partial charge < -0.3 is 10.6 Å². The third-order valence-electron chi connectivity index (χ3n) is 3.08. The van der Waals surface area contributed by atoms with Crippen LogP contribution in [0.15, 0.2) is 0 Å². The van der Waals surface area contributed by atoms with Gasteiger partial charge in [0.1, 0.15) is 0 Å². The molecule has 0 aromatic rings. The smallest absolute Gasteiger partial charge is 0.223 e. The summed E-state index contributed by atoms with van der Waals surface area (Å²) in [5, 5.41) is 6.35. The summed E-state index contributed by atoms with van der Waals surface area (Å²) in [7, 11) is 0. The fourth-order valence-corrected chi connectivity index (χ4v) is 1.59. The Bertz CT molecular complexity index is 191. The van der Waals surface area contributed by atoms with E-state index >= 15 is 0 Å². The molecule has 0 saturated carbocycles. The van der Waals surface area contributed by atoms with Gasteiger partial charge in [-0.2, -0.15) is 0 Å². The number of nitrogens with one attached hydrogen (secondary N) is 2. The van der Waals surface area contributed by atoms with Crippen LogP contribution in [0.1, 0.15) is 33.6 Å². The first-order valence-electron chi connectivity index (χ1n) is 5.62. The van der Waals surface area contributed by atoms with Gasteiger partial charge in [-0.1, -0.05) is 13.8 Å². The number of rotatable bonds is 3. The Balaban J connectivity index is 0.00000196. The van der Waals surface area contributed by atoms with E-state index in [1.807, 2.05) is 0 Å². The van der Waals surface area contributed by atoms with E-state index in [9.17, 15) is 4.79 Å². The minimum absolute atomic E-state index is 0. The molecular weight excluding hydrogens is 212 g/mol. The third-order valence-corrected chi connectivity index (χ3v) is 3.08. The van der Waals surface area contributed by atoms with Crippen molar-refractivity contribution in [3.05, 3.63) is 0 Å². The molecule has 1 rings (SSSR count). The molecule has 1 saturated heterocycles. The Morgan fingerprint density at radius 1 is 1.27 bits per heavy atom. The minimum Gasteiger partial charge on any atom is -0.353 e. The highest BCUT2D eigenvalue weighted by molar-refractivity contribution is 5.85. The Morgan fingerprint density at radius 2 is 1.80 bits per heavy atom. The predicted octanol–water partition coefficient (Wildman–Crippen LogP) is 1.57. The first-order valence-corrected chi connectivity index (χ1v) is 5.62. The number of carbonyl (C=O) groups is 1. The molecule has 1 aliphatic heterocycles. The highest BCUT2D eigenvalue weighted by Gasteiger charge is 2.22. The Morgan fingerprint density at radius 3 is 2.27 bits per heavy atom. The van der Waals surface area contributed by atoms with E-state index in [2.05, 4.69) is 31.4 Å². The van der Waals surface area contributed by atoms with Crippen LogP contribution in [0.4, 0.5) is 0 Å². The van der Waals surface area contributed by atoms with Gasteiger partial charge in [0.25, 0.3) is 0 Å². The molecular formula is C11H23ClN2O. The summed E-state index contributed by atoms with van der Waals surface area (Å²) in [4.78, 5) is 11.8. The SMILES string of the molecule is CC(C)C(C)NC(=O)C1CCNCC1.Cl. The molecule has 0 aromatic carbocycles. The maximum atomic E-state index is 11.8. The van der Waals surface area contributed by atoms with E-state index < -0.39 is 0 Å². The summed E-state index contributed by atoms with van der Waals surface area (Å²) >= 11 is 0. The second-order valence-electron chi connectivity index (χ2n) is 4.57. The van der Waals surface area contributed by atoms with E-state index in [1.165, 1.54) is 0 Å².